The van der Waals surface area contributed by atoms with Crippen LogP contribution in [0.15, 0.2) is 42.7 Å². The van der Waals surface area contributed by atoms with Crippen LogP contribution in [0.4, 0.5) is 33.6 Å². The molecule has 0 unspecified atom stereocenters. The average Bonchev–Trinajstić information content (AvgIpc) is 2.61. The van der Waals surface area contributed by atoms with Crippen LogP contribution in [0.2, 0.25) is 0 Å². The number of rotatable bonds is 5. The Bertz CT molecular complexity index is 876. The molecule has 0 bridgehead atoms. The van der Waals surface area contributed by atoms with Gasteiger partial charge in [0.15, 0.2) is 11.6 Å². The van der Waals surface area contributed by atoms with Crippen LogP contribution in [0, 0.1) is 5.82 Å². The molecule has 0 aliphatic heterocycles. The van der Waals surface area contributed by atoms with Gasteiger partial charge in [-0.1, -0.05) is 0 Å². The van der Waals surface area contributed by atoms with Crippen molar-refractivity contribution >= 4 is 29.2 Å². The fraction of sp³-hybridized carbons (Fsp3) is 0.125. The maximum Gasteiger partial charge on any atom is 0.236 e. The Morgan fingerprint density at radius 2 is 1.88 bits per heavy atom. The fourth-order valence-corrected chi connectivity index (χ4v) is 2.14. The molecule has 0 spiro atoms. The summed E-state index contributed by atoms with van der Waals surface area (Å²) in [5.74, 6) is 0.244. The highest BCUT2D eigenvalue weighted by Crippen LogP contribution is 2.24. The van der Waals surface area contributed by atoms with Gasteiger partial charge in [0, 0.05) is 36.9 Å². The molecule has 0 aliphatic rings. The molecule has 8 nitrogen and oxygen atoms in total. The smallest absolute Gasteiger partial charge is 0.236 e. The number of anilines is 5. The number of methoxy groups -OCH3 is 1. The number of nitrogens with one attached hydrogen (secondary N) is 1. The number of nitrogen functional groups attached to an aromatic ring is 1. The minimum Gasteiger partial charge on any atom is -0.494 e. The maximum absolute atomic E-state index is 13.8. The van der Waals surface area contributed by atoms with E-state index in [-0.39, 0.29) is 17.6 Å². The zero-order valence-corrected chi connectivity index (χ0v) is 13.6. The Labute approximate surface area is 143 Å². The second kappa shape index (κ2) is 6.95. The molecule has 128 valence electrons. The molecular weight excluding hydrogens is 325 g/mol. The van der Waals surface area contributed by atoms with E-state index in [0.717, 1.165) is 5.69 Å². The number of halogens is 1. The summed E-state index contributed by atoms with van der Waals surface area (Å²) in [5.41, 5.74) is 7.06. The lowest BCUT2D eigenvalue weighted by Gasteiger charge is -2.17. The van der Waals surface area contributed by atoms with Crippen LogP contribution in [0.5, 0.6) is 5.75 Å². The molecule has 3 rings (SSSR count). The molecule has 0 saturated heterocycles. The molecule has 0 fully saturated rings. The van der Waals surface area contributed by atoms with Crippen molar-refractivity contribution in [3.63, 3.8) is 0 Å². The van der Waals surface area contributed by atoms with Gasteiger partial charge in [-0.25, -0.2) is 4.39 Å². The highest BCUT2D eigenvalue weighted by molar-refractivity contribution is 5.60. The van der Waals surface area contributed by atoms with E-state index in [1.54, 1.807) is 30.4 Å². The first kappa shape index (κ1) is 16.4. The van der Waals surface area contributed by atoms with Gasteiger partial charge in [-0.2, -0.15) is 15.0 Å². The van der Waals surface area contributed by atoms with Crippen molar-refractivity contribution in [3.05, 3.63) is 48.5 Å². The van der Waals surface area contributed by atoms with Gasteiger partial charge in [0.05, 0.1) is 7.11 Å². The summed E-state index contributed by atoms with van der Waals surface area (Å²) in [6.45, 7) is 0. The molecule has 0 radical (unpaired) electrons. The second-order valence-corrected chi connectivity index (χ2v) is 5.06. The van der Waals surface area contributed by atoms with Crippen LogP contribution < -0.4 is 20.7 Å². The molecule has 0 saturated carbocycles. The van der Waals surface area contributed by atoms with Gasteiger partial charge in [-0.05, 0) is 24.3 Å². The fourth-order valence-electron chi connectivity index (χ4n) is 2.14. The quantitative estimate of drug-likeness (QED) is 0.730. The van der Waals surface area contributed by atoms with E-state index in [4.69, 9.17) is 10.5 Å². The van der Waals surface area contributed by atoms with E-state index >= 15 is 0 Å². The van der Waals surface area contributed by atoms with E-state index in [9.17, 15) is 4.39 Å². The van der Waals surface area contributed by atoms with Gasteiger partial charge in [-0.3, -0.25) is 4.98 Å². The van der Waals surface area contributed by atoms with Gasteiger partial charge < -0.3 is 20.7 Å². The van der Waals surface area contributed by atoms with Gasteiger partial charge in [-0.15, -0.1) is 0 Å². The monoisotopic (exact) mass is 341 g/mol. The van der Waals surface area contributed by atoms with Gasteiger partial charge in [0.25, 0.3) is 0 Å². The molecule has 25 heavy (non-hydrogen) atoms. The minimum atomic E-state index is -0.497. The molecule has 2 aromatic heterocycles. The predicted molar refractivity (Wildman–Crippen MR) is 92.8 cm³/mol. The lowest BCUT2D eigenvalue weighted by Crippen LogP contribution is -2.16. The van der Waals surface area contributed by atoms with Gasteiger partial charge in [0.2, 0.25) is 17.8 Å². The van der Waals surface area contributed by atoms with Crippen LogP contribution in [0.25, 0.3) is 0 Å². The van der Waals surface area contributed by atoms with Crippen molar-refractivity contribution in [2.24, 2.45) is 0 Å². The van der Waals surface area contributed by atoms with E-state index in [1.165, 1.54) is 19.2 Å². The first-order chi connectivity index (χ1) is 12.1. The highest BCUT2D eigenvalue weighted by atomic mass is 19.1. The number of ether oxygens (including phenoxy) is 1. The van der Waals surface area contributed by atoms with Crippen LogP contribution in [0.1, 0.15) is 0 Å². The van der Waals surface area contributed by atoms with Crippen molar-refractivity contribution in [2.75, 3.05) is 30.1 Å². The number of hydrogen-bond donors (Lipinski definition) is 2. The largest absolute Gasteiger partial charge is 0.494 e. The number of aromatic nitrogens is 4. The third-order valence-corrected chi connectivity index (χ3v) is 3.40. The van der Waals surface area contributed by atoms with Crippen LogP contribution >= 0.6 is 0 Å². The van der Waals surface area contributed by atoms with E-state index in [2.05, 4.69) is 25.3 Å². The topological polar surface area (TPSA) is 102 Å². The van der Waals surface area contributed by atoms with Crippen molar-refractivity contribution in [1.29, 1.82) is 0 Å². The summed E-state index contributed by atoms with van der Waals surface area (Å²) >= 11 is 0. The number of pyridine rings is 1. The van der Waals surface area contributed by atoms with Crippen LogP contribution in [-0.4, -0.2) is 34.1 Å². The zero-order chi connectivity index (χ0) is 17.8. The van der Waals surface area contributed by atoms with Crippen LogP contribution in [0.3, 0.4) is 0 Å². The third-order valence-electron chi connectivity index (χ3n) is 3.40. The Morgan fingerprint density at radius 3 is 2.56 bits per heavy atom. The first-order valence-corrected chi connectivity index (χ1v) is 7.32. The normalized spacial score (nSPS) is 10.4. The molecular formula is C16H16FN7O. The van der Waals surface area contributed by atoms with Crippen molar-refractivity contribution in [3.8, 4) is 5.75 Å². The van der Waals surface area contributed by atoms with Gasteiger partial charge in [0.1, 0.15) is 0 Å². The number of nitrogens with two attached hydrogens (primary N) is 1. The van der Waals surface area contributed by atoms with Crippen molar-refractivity contribution in [1.82, 2.24) is 19.9 Å². The maximum atomic E-state index is 13.8. The number of nitrogens with zero attached hydrogens (tertiary/aromatic N) is 5. The summed E-state index contributed by atoms with van der Waals surface area (Å²) in [6, 6.07) is 8.06. The highest BCUT2D eigenvalue weighted by Gasteiger charge is 2.12. The molecule has 0 atom stereocenters. The number of hydrogen-bond acceptors (Lipinski definition) is 8. The molecule has 0 amide bonds. The Kier molecular flexibility index (Phi) is 4.55. The van der Waals surface area contributed by atoms with Crippen molar-refractivity contribution < 1.29 is 9.13 Å². The van der Waals surface area contributed by atoms with Crippen LogP contribution in [-0.2, 0) is 0 Å². The van der Waals surface area contributed by atoms with Gasteiger partial charge >= 0.3 is 0 Å². The Morgan fingerprint density at radius 1 is 1.12 bits per heavy atom. The third kappa shape index (κ3) is 3.71. The second-order valence-electron chi connectivity index (χ2n) is 5.06. The summed E-state index contributed by atoms with van der Waals surface area (Å²) < 4.78 is 18.7. The molecule has 0 aliphatic carbocycles. The summed E-state index contributed by atoms with van der Waals surface area (Å²) in [4.78, 5) is 18.2. The molecule has 1 aromatic carbocycles. The van der Waals surface area contributed by atoms with E-state index in [0.29, 0.717) is 11.6 Å². The average molecular weight is 341 g/mol. The van der Waals surface area contributed by atoms with E-state index in [1.807, 2.05) is 12.1 Å². The standard InChI is InChI=1S/C16H16FN7O/c1-24(11-5-7-19-8-6-11)16-22-14(18)21-15(23-16)20-10-3-4-13(25-2)12(17)9-10/h3-9H,1-2H3,(H3,18,20,21,22,23). The number of benzene rings is 1. The zero-order valence-electron chi connectivity index (χ0n) is 13.6. The minimum absolute atomic E-state index is 0.0439. The Hall–Kier alpha value is -3.49. The van der Waals surface area contributed by atoms with Crippen molar-refractivity contribution in [2.45, 2.75) is 0 Å². The summed E-state index contributed by atoms with van der Waals surface area (Å²) in [7, 11) is 3.19. The molecule has 9 heteroatoms. The summed E-state index contributed by atoms with van der Waals surface area (Å²) in [5, 5.41) is 2.91. The molecule has 3 N–H and O–H groups in total. The van der Waals surface area contributed by atoms with E-state index < -0.39 is 5.82 Å². The lowest BCUT2D eigenvalue weighted by atomic mass is 10.3. The Balaban J connectivity index is 1.88. The first-order valence-electron chi connectivity index (χ1n) is 7.32. The SMILES string of the molecule is COc1ccc(Nc2nc(N)nc(N(C)c3ccncc3)n2)cc1F. The predicted octanol–water partition coefficient (Wildman–Crippen LogP) is 2.51. The summed E-state index contributed by atoms with van der Waals surface area (Å²) in [6.07, 6.45) is 3.32. The molecule has 3 aromatic rings. The lowest BCUT2D eigenvalue weighted by molar-refractivity contribution is 0.386. The molecule has 2 heterocycles.